The number of nitrogens with one attached hydrogen (secondary N) is 1. The number of benzene rings is 2. The van der Waals surface area contributed by atoms with Crippen LogP contribution >= 0.6 is 0 Å². The van der Waals surface area contributed by atoms with Crippen LogP contribution < -0.4 is 20.3 Å². The Balaban J connectivity index is 1.46. The highest BCUT2D eigenvalue weighted by atomic mass is 16.5. The zero-order valence-corrected chi connectivity index (χ0v) is 17.9. The molecule has 0 atom stereocenters. The summed E-state index contributed by atoms with van der Waals surface area (Å²) in [7, 11) is 1.55. The van der Waals surface area contributed by atoms with E-state index in [4.69, 9.17) is 9.47 Å². The highest BCUT2D eigenvalue weighted by Crippen LogP contribution is 2.22. The van der Waals surface area contributed by atoms with Gasteiger partial charge >= 0.3 is 0 Å². The van der Waals surface area contributed by atoms with Gasteiger partial charge in [-0.3, -0.25) is 9.59 Å². The van der Waals surface area contributed by atoms with Crippen molar-refractivity contribution in [2.75, 3.05) is 20.3 Å². The topological polar surface area (TPSA) is 86.9 Å². The molecule has 8 nitrogen and oxygen atoms in total. The molecule has 4 aromatic rings. The van der Waals surface area contributed by atoms with E-state index in [1.807, 2.05) is 31.2 Å². The van der Waals surface area contributed by atoms with Crippen molar-refractivity contribution in [1.29, 1.82) is 0 Å². The van der Waals surface area contributed by atoms with Crippen molar-refractivity contribution in [3.63, 3.8) is 0 Å². The highest BCUT2D eigenvalue weighted by Gasteiger charge is 2.10. The maximum absolute atomic E-state index is 12.9. The molecule has 32 heavy (non-hydrogen) atoms. The molecule has 0 bridgehead atoms. The molecular formula is C24H24N4O4. The summed E-state index contributed by atoms with van der Waals surface area (Å²) in [5.41, 5.74) is 2.40. The smallest absolute Gasteiger partial charge is 0.276 e. The van der Waals surface area contributed by atoms with Crippen molar-refractivity contribution in [2.24, 2.45) is 0 Å². The van der Waals surface area contributed by atoms with Crippen molar-refractivity contribution in [3.05, 3.63) is 82.9 Å². The first-order chi connectivity index (χ1) is 15.6. The van der Waals surface area contributed by atoms with E-state index < -0.39 is 0 Å². The SMILES string of the molecule is CCOc1ccc(-c2cc3c(=O)n(CCNC(=O)c4cccc(OC)c4)ccn3n2)cc1. The highest BCUT2D eigenvalue weighted by molar-refractivity contribution is 5.94. The van der Waals surface area contributed by atoms with Crippen molar-refractivity contribution >= 4 is 11.4 Å². The number of rotatable bonds is 8. The Morgan fingerprint density at radius 1 is 1.06 bits per heavy atom. The first-order valence-electron chi connectivity index (χ1n) is 10.3. The monoisotopic (exact) mass is 432 g/mol. The zero-order valence-electron chi connectivity index (χ0n) is 17.9. The van der Waals surface area contributed by atoms with Crippen molar-refractivity contribution in [3.8, 4) is 22.8 Å². The Morgan fingerprint density at radius 2 is 1.88 bits per heavy atom. The molecule has 4 rings (SSSR count). The first-order valence-corrected chi connectivity index (χ1v) is 10.3. The number of methoxy groups -OCH3 is 1. The molecule has 0 unspecified atom stereocenters. The molecule has 0 aliphatic heterocycles. The second-order valence-corrected chi connectivity index (χ2v) is 7.10. The van der Waals surface area contributed by atoms with E-state index in [2.05, 4.69) is 10.4 Å². The first kappa shape index (κ1) is 21.2. The third-order valence-electron chi connectivity index (χ3n) is 5.03. The number of carbonyl (C=O) groups is 1. The molecule has 0 aliphatic rings. The summed E-state index contributed by atoms with van der Waals surface area (Å²) in [4.78, 5) is 25.2. The molecule has 0 radical (unpaired) electrons. The molecule has 164 valence electrons. The molecule has 8 heteroatoms. The van der Waals surface area contributed by atoms with Gasteiger partial charge in [-0.25, -0.2) is 4.52 Å². The van der Waals surface area contributed by atoms with Gasteiger partial charge in [-0.05, 0) is 55.5 Å². The van der Waals surface area contributed by atoms with E-state index in [1.54, 1.807) is 58.9 Å². The van der Waals surface area contributed by atoms with Crippen LogP contribution in [0.25, 0.3) is 16.8 Å². The van der Waals surface area contributed by atoms with Crippen LogP contribution in [0, 0.1) is 0 Å². The van der Waals surface area contributed by atoms with Gasteiger partial charge in [-0.15, -0.1) is 0 Å². The average molecular weight is 432 g/mol. The number of hydrogen-bond acceptors (Lipinski definition) is 5. The zero-order chi connectivity index (χ0) is 22.5. The Hall–Kier alpha value is -4.07. The van der Waals surface area contributed by atoms with E-state index in [9.17, 15) is 9.59 Å². The minimum absolute atomic E-state index is 0.173. The van der Waals surface area contributed by atoms with Crippen LogP contribution in [0.3, 0.4) is 0 Å². The van der Waals surface area contributed by atoms with E-state index in [0.717, 1.165) is 11.3 Å². The lowest BCUT2D eigenvalue weighted by atomic mass is 10.1. The molecule has 1 amide bonds. The fourth-order valence-corrected chi connectivity index (χ4v) is 3.39. The number of carbonyl (C=O) groups excluding carboxylic acids is 1. The number of hydrogen-bond donors (Lipinski definition) is 1. The Labute approximate surface area is 185 Å². The lowest BCUT2D eigenvalue weighted by Crippen LogP contribution is -2.31. The predicted octanol–water partition coefficient (Wildman–Crippen LogP) is 3.00. The molecule has 0 aliphatic carbocycles. The molecule has 2 heterocycles. The Kier molecular flexibility index (Phi) is 6.21. The van der Waals surface area contributed by atoms with E-state index in [-0.39, 0.29) is 11.5 Å². The van der Waals surface area contributed by atoms with Crippen LogP contribution in [0.1, 0.15) is 17.3 Å². The fourth-order valence-electron chi connectivity index (χ4n) is 3.39. The number of fused-ring (bicyclic) bond motifs is 1. The standard InChI is InChI=1S/C24H24N4O4/c1-3-32-19-9-7-17(8-10-19)21-16-22-24(30)27(13-14-28(22)26-21)12-11-25-23(29)18-5-4-6-20(15-18)31-2/h4-10,13-16H,3,11-12H2,1-2H3,(H,25,29). The van der Waals surface area contributed by atoms with E-state index in [1.165, 1.54) is 0 Å². The maximum Gasteiger partial charge on any atom is 0.276 e. The number of nitrogens with zero attached hydrogens (tertiary/aromatic N) is 3. The Morgan fingerprint density at radius 3 is 2.62 bits per heavy atom. The van der Waals surface area contributed by atoms with Gasteiger partial charge in [0.25, 0.3) is 11.5 Å². The average Bonchev–Trinajstić information content (AvgIpc) is 3.26. The van der Waals surface area contributed by atoms with Crippen LogP contribution in [0.4, 0.5) is 0 Å². The third-order valence-corrected chi connectivity index (χ3v) is 5.03. The second kappa shape index (κ2) is 9.38. The quantitative estimate of drug-likeness (QED) is 0.463. The van der Waals surface area contributed by atoms with Gasteiger partial charge in [0, 0.05) is 36.6 Å². The number of amides is 1. The maximum atomic E-state index is 12.9. The van der Waals surface area contributed by atoms with Gasteiger partial charge in [-0.2, -0.15) is 5.10 Å². The van der Waals surface area contributed by atoms with Gasteiger partial charge in [0.1, 0.15) is 17.0 Å². The third kappa shape index (κ3) is 4.49. The molecule has 0 spiro atoms. The molecule has 0 fully saturated rings. The van der Waals surface area contributed by atoms with Crippen LogP contribution in [0.15, 0.2) is 71.8 Å². The van der Waals surface area contributed by atoms with Crippen molar-refractivity contribution in [2.45, 2.75) is 13.5 Å². The molecular weight excluding hydrogens is 408 g/mol. The predicted molar refractivity (Wildman–Crippen MR) is 121 cm³/mol. The van der Waals surface area contributed by atoms with Crippen LogP contribution in [0.2, 0.25) is 0 Å². The Bertz CT molecular complexity index is 1290. The largest absolute Gasteiger partial charge is 0.497 e. The van der Waals surface area contributed by atoms with Crippen LogP contribution in [-0.4, -0.2) is 40.3 Å². The normalized spacial score (nSPS) is 10.8. The summed E-state index contributed by atoms with van der Waals surface area (Å²) >= 11 is 0. The summed E-state index contributed by atoms with van der Waals surface area (Å²) in [6, 6.07) is 16.3. The van der Waals surface area contributed by atoms with Gasteiger partial charge in [0.15, 0.2) is 0 Å². The molecule has 1 N–H and O–H groups in total. The molecule has 2 aromatic heterocycles. The van der Waals surface area contributed by atoms with E-state index >= 15 is 0 Å². The van der Waals surface area contributed by atoms with Crippen molar-refractivity contribution in [1.82, 2.24) is 19.5 Å². The second-order valence-electron chi connectivity index (χ2n) is 7.10. The summed E-state index contributed by atoms with van der Waals surface area (Å²) in [5, 5.41) is 7.34. The summed E-state index contributed by atoms with van der Waals surface area (Å²) in [6.45, 7) is 3.19. The molecule has 0 saturated carbocycles. The molecule has 2 aromatic carbocycles. The lowest BCUT2D eigenvalue weighted by molar-refractivity contribution is 0.0952. The summed E-state index contributed by atoms with van der Waals surface area (Å²) < 4.78 is 13.7. The van der Waals surface area contributed by atoms with Crippen LogP contribution in [-0.2, 0) is 6.54 Å². The number of ether oxygens (including phenoxy) is 2. The van der Waals surface area contributed by atoms with Crippen molar-refractivity contribution < 1.29 is 14.3 Å². The van der Waals surface area contributed by atoms with Gasteiger partial charge in [0.2, 0.25) is 0 Å². The minimum atomic E-state index is -0.222. The van der Waals surface area contributed by atoms with E-state index in [0.29, 0.717) is 42.2 Å². The van der Waals surface area contributed by atoms with Crippen LogP contribution in [0.5, 0.6) is 11.5 Å². The number of aromatic nitrogens is 3. The lowest BCUT2D eigenvalue weighted by Gasteiger charge is -2.08. The summed E-state index contributed by atoms with van der Waals surface area (Å²) in [6.07, 6.45) is 3.40. The fraction of sp³-hybridized carbons (Fsp3) is 0.208. The minimum Gasteiger partial charge on any atom is -0.497 e. The molecule has 0 saturated heterocycles. The van der Waals surface area contributed by atoms with Gasteiger partial charge in [-0.1, -0.05) is 6.07 Å². The summed E-state index contributed by atoms with van der Waals surface area (Å²) in [5.74, 6) is 1.18. The van der Waals surface area contributed by atoms with Gasteiger partial charge in [0.05, 0.1) is 19.4 Å². The van der Waals surface area contributed by atoms with Gasteiger partial charge < -0.3 is 19.4 Å².